The zero-order valence-electron chi connectivity index (χ0n) is 15.8. The van der Waals surface area contributed by atoms with Gasteiger partial charge in [-0.05, 0) is 38.0 Å². The summed E-state index contributed by atoms with van der Waals surface area (Å²) in [4.78, 5) is 18.5. The predicted molar refractivity (Wildman–Crippen MR) is 103 cm³/mol. The predicted octanol–water partition coefficient (Wildman–Crippen LogP) is 4.20. The Kier molecular flexibility index (Phi) is 6.05. The van der Waals surface area contributed by atoms with Crippen LogP contribution in [0.3, 0.4) is 0 Å². The zero-order valence-corrected chi connectivity index (χ0v) is 15.8. The van der Waals surface area contributed by atoms with E-state index < -0.39 is 11.7 Å². The van der Waals surface area contributed by atoms with E-state index in [0.29, 0.717) is 30.6 Å². The third-order valence-corrected chi connectivity index (χ3v) is 4.87. The molecule has 2 heterocycles. The molecule has 2 atom stereocenters. The second-order valence-electron chi connectivity index (χ2n) is 6.74. The third kappa shape index (κ3) is 4.67. The smallest absolute Gasteiger partial charge is 0.417 e. The summed E-state index contributed by atoms with van der Waals surface area (Å²) < 4.78 is 43.9. The molecule has 1 fully saturated rings. The molecule has 6 nitrogen and oxygen atoms in total. The third-order valence-electron chi connectivity index (χ3n) is 4.87. The van der Waals surface area contributed by atoms with E-state index in [1.54, 1.807) is 29.2 Å². The van der Waals surface area contributed by atoms with E-state index in [-0.39, 0.29) is 23.9 Å². The van der Waals surface area contributed by atoms with Gasteiger partial charge >= 0.3 is 6.18 Å². The van der Waals surface area contributed by atoms with Crippen LogP contribution in [0.2, 0.25) is 0 Å². The molecule has 1 amide bonds. The highest BCUT2D eigenvalue weighted by atomic mass is 19.4. The maximum atomic E-state index is 13.1. The molecule has 1 aromatic heterocycles. The van der Waals surface area contributed by atoms with E-state index in [0.717, 1.165) is 12.3 Å². The Labute approximate surface area is 166 Å². The van der Waals surface area contributed by atoms with Crippen LogP contribution in [0.4, 0.5) is 18.9 Å². The van der Waals surface area contributed by atoms with Crippen LogP contribution >= 0.6 is 0 Å². The number of hydrogen-bond donors (Lipinski definition) is 1. The van der Waals surface area contributed by atoms with Gasteiger partial charge in [0, 0.05) is 25.5 Å². The maximum Gasteiger partial charge on any atom is 0.417 e. The first-order valence-corrected chi connectivity index (χ1v) is 9.13. The lowest BCUT2D eigenvalue weighted by molar-refractivity contribution is -0.137. The van der Waals surface area contributed by atoms with Crippen molar-refractivity contribution < 1.29 is 22.7 Å². The van der Waals surface area contributed by atoms with Crippen molar-refractivity contribution in [1.29, 1.82) is 0 Å². The number of carbonyl (C=O) groups excluding carboxylic acids is 1. The summed E-state index contributed by atoms with van der Waals surface area (Å²) in [5.41, 5.74) is 2.88. The Hall–Kier alpha value is -3.10. The molecule has 0 radical (unpaired) electrons. The van der Waals surface area contributed by atoms with Crippen LogP contribution in [0.5, 0.6) is 5.88 Å². The number of likely N-dealkylation sites (tertiary alicyclic amines) is 1. The van der Waals surface area contributed by atoms with Gasteiger partial charge in [-0.1, -0.05) is 12.1 Å². The zero-order chi connectivity index (χ0) is 21.0. The number of nitrogens with one attached hydrogen (secondary N) is 1. The molecule has 0 spiro atoms. The molecule has 2 aromatic rings. The first-order chi connectivity index (χ1) is 13.8. The van der Waals surface area contributed by atoms with Crippen molar-refractivity contribution in [3.05, 3.63) is 53.7 Å². The molecule has 1 saturated heterocycles. The van der Waals surface area contributed by atoms with Gasteiger partial charge in [0.15, 0.2) is 0 Å². The molecule has 0 saturated carbocycles. The molecule has 0 unspecified atom stereocenters. The lowest BCUT2D eigenvalue weighted by Gasteiger charge is -2.39. The topological polar surface area (TPSA) is 66.8 Å². The van der Waals surface area contributed by atoms with Crippen molar-refractivity contribution in [2.75, 3.05) is 12.0 Å². The Morgan fingerprint density at radius 1 is 1.31 bits per heavy atom. The normalized spacial score (nSPS) is 19.5. The first-order valence-electron chi connectivity index (χ1n) is 9.13. The Morgan fingerprint density at radius 3 is 2.72 bits per heavy atom. The molecule has 3 rings (SSSR count). The van der Waals surface area contributed by atoms with Crippen LogP contribution < -0.4 is 10.2 Å². The molecule has 1 aliphatic rings. The number of anilines is 1. The highest BCUT2D eigenvalue weighted by molar-refractivity contribution is 5.99. The summed E-state index contributed by atoms with van der Waals surface area (Å²) in [6.45, 7) is 5.79. The molecule has 1 N–H and O–H groups in total. The molecule has 154 valence electrons. The minimum absolute atomic E-state index is 0.0991. The number of amides is 1. The van der Waals surface area contributed by atoms with E-state index in [1.165, 1.54) is 6.07 Å². The summed E-state index contributed by atoms with van der Waals surface area (Å²) in [6.07, 6.45) is -2.71. The highest BCUT2D eigenvalue weighted by Crippen LogP contribution is 2.30. The molecule has 0 aliphatic carbocycles. The molecular weight excluding hydrogens is 385 g/mol. The number of alkyl halides is 3. The van der Waals surface area contributed by atoms with Crippen LogP contribution in [0.15, 0.2) is 47.7 Å². The van der Waals surface area contributed by atoms with E-state index >= 15 is 0 Å². The molecule has 1 aromatic carbocycles. The fourth-order valence-electron chi connectivity index (χ4n) is 3.33. The number of piperidine rings is 1. The lowest BCUT2D eigenvalue weighted by Crippen LogP contribution is -2.51. The van der Waals surface area contributed by atoms with Crippen molar-refractivity contribution in [3.63, 3.8) is 0 Å². The second-order valence-corrected chi connectivity index (χ2v) is 6.74. The summed E-state index contributed by atoms with van der Waals surface area (Å²) in [7, 11) is 0. The van der Waals surface area contributed by atoms with E-state index in [2.05, 4.69) is 22.2 Å². The second kappa shape index (κ2) is 8.50. The van der Waals surface area contributed by atoms with E-state index in [9.17, 15) is 18.0 Å². The highest BCUT2D eigenvalue weighted by Gasteiger charge is 2.34. The summed E-state index contributed by atoms with van der Waals surface area (Å²) in [5.74, 6) is -0.0833. The van der Waals surface area contributed by atoms with Gasteiger partial charge in [-0.15, -0.1) is 0 Å². The number of benzene rings is 1. The van der Waals surface area contributed by atoms with Crippen LogP contribution in [0.25, 0.3) is 0 Å². The van der Waals surface area contributed by atoms with Crippen LogP contribution in [-0.4, -0.2) is 41.2 Å². The molecule has 0 bridgehead atoms. The SMILES string of the molecule is C=NNc1ccccc1C(=O)N1CCC[C@@H](Oc2ccc(C(F)(F)F)cn2)[C@@H]1C. The number of ether oxygens (including phenoxy) is 1. The minimum atomic E-state index is -4.45. The molecule has 1 aliphatic heterocycles. The fourth-order valence-corrected chi connectivity index (χ4v) is 3.33. The van der Waals surface area contributed by atoms with E-state index in [1.807, 2.05) is 6.92 Å². The van der Waals surface area contributed by atoms with Gasteiger partial charge in [-0.3, -0.25) is 10.2 Å². The van der Waals surface area contributed by atoms with Crippen LogP contribution in [0, 0.1) is 0 Å². The number of hydrazone groups is 1. The monoisotopic (exact) mass is 406 g/mol. The molecule has 29 heavy (non-hydrogen) atoms. The van der Waals surface area contributed by atoms with Gasteiger partial charge in [0.25, 0.3) is 5.91 Å². The number of aromatic nitrogens is 1. The summed E-state index contributed by atoms with van der Waals surface area (Å²) in [5, 5.41) is 3.62. The Balaban J connectivity index is 1.74. The summed E-state index contributed by atoms with van der Waals surface area (Å²) in [6, 6.07) is 8.82. The van der Waals surface area contributed by atoms with E-state index in [4.69, 9.17) is 4.74 Å². The number of rotatable bonds is 5. The molecular formula is C20H21F3N4O2. The van der Waals surface area contributed by atoms with Gasteiger partial charge in [0.1, 0.15) is 6.10 Å². The largest absolute Gasteiger partial charge is 0.472 e. The minimum Gasteiger partial charge on any atom is -0.472 e. The van der Waals surface area contributed by atoms with Gasteiger partial charge in [-0.25, -0.2) is 4.98 Å². The number of carbonyl (C=O) groups is 1. The average Bonchev–Trinajstić information content (AvgIpc) is 2.69. The Bertz CT molecular complexity index is 871. The first kappa shape index (κ1) is 20.6. The number of hydrogen-bond acceptors (Lipinski definition) is 5. The average molecular weight is 406 g/mol. The van der Waals surface area contributed by atoms with Crippen LogP contribution in [-0.2, 0) is 6.18 Å². The maximum absolute atomic E-state index is 13.1. The van der Waals surface area contributed by atoms with Crippen molar-refractivity contribution in [1.82, 2.24) is 9.88 Å². The summed E-state index contributed by atoms with van der Waals surface area (Å²) >= 11 is 0. The van der Waals surface area contributed by atoms with Crippen molar-refractivity contribution in [3.8, 4) is 5.88 Å². The molecule has 9 heteroatoms. The standard InChI is InChI=1S/C20H21F3N4O2/c1-13-17(29-18-10-9-14(12-25-18)20(21,22)23)8-5-11-27(13)19(28)15-6-3-4-7-16(15)26-24-2/h3-4,6-7,9-10,12-13,17,26H,2,5,8,11H2,1H3/t13-,17+/m0/s1. The van der Waals surface area contributed by atoms with Gasteiger partial charge in [0.2, 0.25) is 5.88 Å². The fraction of sp³-hybridized carbons (Fsp3) is 0.350. The van der Waals surface area contributed by atoms with Crippen LogP contribution in [0.1, 0.15) is 35.7 Å². The quantitative estimate of drug-likeness (QED) is 0.597. The number of nitrogens with zero attached hydrogens (tertiary/aromatic N) is 3. The Morgan fingerprint density at radius 2 is 2.07 bits per heavy atom. The number of para-hydroxylation sites is 1. The number of halogens is 3. The van der Waals surface area contributed by atoms with Gasteiger partial charge in [0.05, 0.1) is 22.9 Å². The van der Waals surface area contributed by atoms with Crippen molar-refractivity contribution >= 4 is 18.3 Å². The number of pyridine rings is 1. The lowest BCUT2D eigenvalue weighted by atomic mass is 9.98. The van der Waals surface area contributed by atoms with Gasteiger partial charge in [-0.2, -0.15) is 18.3 Å². The van der Waals surface area contributed by atoms with Crippen molar-refractivity contribution in [2.24, 2.45) is 5.10 Å². The van der Waals surface area contributed by atoms with Crippen molar-refractivity contribution in [2.45, 2.75) is 38.1 Å². The van der Waals surface area contributed by atoms with Gasteiger partial charge < -0.3 is 9.64 Å².